The van der Waals surface area contributed by atoms with Gasteiger partial charge in [-0.1, -0.05) is 40.0 Å². The summed E-state index contributed by atoms with van der Waals surface area (Å²) in [6.07, 6.45) is 5.82. The SMILES string of the molecule is CCC(NC(=O)[C@H](CC(C)C)NC(=O)NC1CCCCC1)C(=O)C(=O)NCc1cc(OC)cc(OC)c1. The van der Waals surface area contributed by atoms with Gasteiger partial charge < -0.3 is 30.7 Å². The lowest BCUT2D eigenvalue weighted by Crippen LogP contribution is -2.56. The van der Waals surface area contributed by atoms with Crippen molar-refractivity contribution in [1.29, 1.82) is 0 Å². The first-order valence-electron chi connectivity index (χ1n) is 13.1. The van der Waals surface area contributed by atoms with E-state index in [4.69, 9.17) is 9.47 Å². The molecule has 1 unspecified atom stereocenters. The third-order valence-corrected chi connectivity index (χ3v) is 6.40. The maximum atomic E-state index is 13.1. The Morgan fingerprint density at radius 1 is 0.919 bits per heavy atom. The fourth-order valence-corrected chi connectivity index (χ4v) is 4.36. The Bertz CT molecular complexity index is 907. The molecule has 2 atom stereocenters. The van der Waals surface area contributed by atoms with E-state index in [0.717, 1.165) is 25.7 Å². The Labute approximate surface area is 219 Å². The third kappa shape index (κ3) is 9.93. The normalized spacial score (nSPS) is 15.3. The molecular weight excluding hydrogens is 476 g/mol. The first-order valence-corrected chi connectivity index (χ1v) is 13.1. The maximum absolute atomic E-state index is 13.1. The van der Waals surface area contributed by atoms with Crippen LogP contribution in [-0.2, 0) is 20.9 Å². The molecule has 0 spiro atoms. The molecule has 4 N–H and O–H groups in total. The summed E-state index contributed by atoms with van der Waals surface area (Å²) < 4.78 is 10.5. The van der Waals surface area contributed by atoms with Crippen LogP contribution in [0.4, 0.5) is 4.79 Å². The van der Waals surface area contributed by atoms with Crippen molar-refractivity contribution < 1.29 is 28.7 Å². The fourth-order valence-electron chi connectivity index (χ4n) is 4.36. The summed E-state index contributed by atoms with van der Waals surface area (Å²) in [6, 6.07) is 3.05. The highest BCUT2D eigenvalue weighted by atomic mass is 16.5. The first-order chi connectivity index (χ1) is 17.7. The molecule has 1 aliphatic rings. The van der Waals surface area contributed by atoms with Gasteiger partial charge in [0.2, 0.25) is 11.7 Å². The molecule has 1 fully saturated rings. The van der Waals surface area contributed by atoms with Crippen molar-refractivity contribution in [1.82, 2.24) is 21.3 Å². The molecule has 0 aromatic heterocycles. The minimum Gasteiger partial charge on any atom is -0.497 e. The van der Waals surface area contributed by atoms with E-state index in [1.807, 2.05) is 13.8 Å². The maximum Gasteiger partial charge on any atom is 0.315 e. The van der Waals surface area contributed by atoms with Crippen LogP contribution in [0.2, 0.25) is 0 Å². The monoisotopic (exact) mass is 518 g/mol. The molecule has 10 nitrogen and oxygen atoms in total. The van der Waals surface area contributed by atoms with E-state index < -0.39 is 35.7 Å². The highest BCUT2D eigenvalue weighted by Gasteiger charge is 2.30. The number of carbonyl (C=O) groups excluding carboxylic acids is 4. The summed E-state index contributed by atoms with van der Waals surface area (Å²) in [5, 5.41) is 11.0. The topological polar surface area (TPSA) is 135 Å². The molecule has 0 bridgehead atoms. The number of methoxy groups -OCH3 is 2. The Balaban J connectivity index is 1.97. The lowest BCUT2D eigenvalue weighted by Gasteiger charge is -2.26. The number of rotatable bonds is 13. The molecular formula is C27H42N4O6. The molecule has 1 saturated carbocycles. The van der Waals surface area contributed by atoms with Crippen LogP contribution in [0, 0.1) is 5.92 Å². The highest BCUT2D eigenvalue weighted by Crippen LogP contribution is 2.22. The van der Waals surface area contributed by atoms with Crippen LogP contribution in [-0.4, -0.2) is 56.0 Å². The van der Waals surface area contributed by atoms with Crippen molar-refractivity contribution in [3.63, 3.8) is 0 Å². The van der Waals surface area contributed by atoms with E-state index in [1.54, 1.807) is 25.1 Å². The number of amides is 4. The molecule has 0 radical (unpaired) electrons. The summed E-state index contributed by atoms with van der Waals surface area (Å²) >= 11 is 0. The zero-order chi connectivity index (χ0) is 27.4. The zero-order valence-corrected chi connectivity index (χ0v) is 22.6. The number of ketones is 1. The second-order valence-electron chi connectivity index (χ2n) is 9.87. The minimum atomic E-state index is -1.01. The van der Waals surface area contributed by atoms with Gasteiger partial charge >= 0.3 is 6.03 Å². The van der Waals surface area contributed by atoms with Crippen molar-refractivity contribution in [2.75, 3.05) is 14.2 Å². The van der Waals surface area contributed by atoms with Gasteiger partial charge in [0, 0.05) is 18.7 Å². The van der Waals surface area contributed by atoms with Gasteiger partial charge in [-0.25, -0.2) is 4.79 Å². The summed E-state index contributed by atoms with van der Waals surface area (Å²) in [7, 11) is 3.05. The van der Waals surface area contributed by atoms with Gasteiger partial charge in [0.15, 0.2) is 0 Å². The van der Waals surface area contributed by atoms with Gasteiger partial charge in [-0.15, -0.1) is 0 Å². The van der Waals surface area contributed by atoms with Crippen LogP contribution in [0.3, 0.4) is 0 Å². The van der Waals surface area contributed by atoms with Gasteiger partial charge in [0.05, 0.1) is 20.3 Å². The number of urea groups is 1. The van der Waals surface area contributed by atoms with Crippen molar-refractivity contribution >= 4 is 23.6 Å². The Morgan fingerprint density at radius 3 is 2.08 bits per heavy atom. The lowest BCUT2D eigenvalue weighted by molar-refractivity contribution is -0.140. The van der Waals surface area contributed by atoms with Gasteiger partial charge in [0.1, 0.15) is 17.5 Å². The number of carbonyl (C=O) groups is 4. The van der Waals surface area contributed by atoms with Crippen LogP contribution < -0.4 is 30.7 Å². The second kappa shape index (κ2) is 15.1. The van der Waals surface area contributed by atoms with Gasteiger partial charge in [-0.3, -0.25) is 14.4 Å². The number of ether oxygens (including phenoxy) is 2. The average Bonchev–Trinajstić information content (AvgIpc) is 2.89. The molecule has 2 rings (SSSR count). The van der Waals surface area contributed by atoms with Crippen LogP contribution in [0.5, 0.6) is 11.5 Å². The number of nitrogens with one attached hydrogen (secondary N) is 4. The Kier molecular flexibility index (Phi) is 12.2. The zero-order valence-electron chi connectivity index (χ0n) is 22.6. The standard InChI is InChI=1S/C27H42N4O6/c1-6-22(24(32)26(34)28-16-18-13-20(36-4)15-21(14-18)37-5)30-25(33)23(12-17(2)3)31-27(35)29-19-10-8-7-9-11-19/h13-15,17,19,22-23H,6-12,16H2,1-5H3,(H,28,34)(H,30,33)(H2,29,31,35)/t22?,23-/m0/s1. The molecule has 1 aliphatic carbocycles. The van der Waals surface area contributed by atoms with E-state index in [1.165, 1.54) is 20.6 Å². The molecule has 0 heterocycles. The van der Waals surface area contributed by atoms with Crippen molar-refractivity contribution in [3.8, 4) is 11.5 Å². The largest absolute Gasteiger partial charge is 0.497 e. The van der Waals surface area contributed by atoms with E-state index in [2.05, 4.69) is 21.3 Å². The summed E-state index contributed by atoms with van der Waals surface area (Å²) in [6.45, 7) is 5.69. The Morgan fingerprint density at radius 2 is 1.54 bits per heavy atom. The predicted octanol–water partition coefficient (Wildman–Crippen LogP) is 2.83. The number of Topliss-reactive ketones (excluding diaryl/α,β-unsaturated/α-hetero) is 1. The van der Waals surface area contributed by atoms with E-state index in [0.29, 0.717) is 23.5 Å². The van der Waals surface area contributed by atoms with E-state index >= 15 is 0 Å². The van der Waals surface area contributed by atoms with Crippen LogP contribution in [0.1, 0.15) is 71.3 Å². The molecule has 206 valence electrons. The van der Waals surface area contributed by atoms with Crippen LogP contribution in [0.15, 0.2) is 18.2 Å². The van der Waals surface area contributed by atoms with Gasteiger partial charge in [-0.2, -0.15) is 0 Å². The second-order valence-corrected chi connectivity index (χ2v) is 9.87. The van der Waals surface area contributed by atoms with Crippen LogP contribution in [0.25, 0.3) is 0 Å². The molecule has 0 aliphatic heterocycles. The predicted molar refractivity (Wildman–Crippen MR) is 140 cm³/mol. The minimum absolute atomic E-state index is 0.0847. The van der Waals surface area contributed by atoms with E-state index in [9.17, 15) is 19.2 Å². The smallest absolute Gasteiger partial charge is 0.315 e. The fraction of sp³-hybridized carbons (Fsp3) is 0.630. The summed E-state index contributed by atoms with van der Waals surface area (Å²) in [5.41, 5.74) is 0.694. The number of hydrogen-bond donors (Lipinski definition) is 4. The molecule has 0 saturated heterocycles. The lowest BCUT2D eigenvalue weighted by atomic mass is 9.96. The summed E-state index contributed by atoms with van der Waals surface area (Å²) in [5.74, 6) is -0.796. The first kappa shape index (κ1) is 29.9. The van der Waals surface area contributed by atoms with E-state index in [-0.39, 0.29) is 24.9 Å². The average molecular weight is 519 g/mol. The van der Waals surface area contributed by atoms with Crippen molar-refractivity contribution in [2.45, 2.75) is 90.4 Å². The van der Waals surface area contributed by atoms with Gasteiger partial charge in [-0.05, 0) is 49.3 Å². The number of benzene rings is 1. The highest BCUT2D eigenvalue weighted by molar-refractivity contribution is 6.38. The summed E-state index contributed by atoms with van der Waals surface area (Å²) in [4.78, 5) is 51.1. The third-order valence-electron chi connectivity index (χ3n) is 6.40. The molecule has 4 amide bonds. The number of hydrogen-bond acceptors (Lipinski definition) is 6. The quantitative estimate of drug-likeness (QED) is 0.297. The Hall–Kier alpha value is -3.30. The molecule has 1 aromatic rings. The molecule has 10 heteroatoms. The molecule has 37 heavy (non-hydrogen) atoms. The van der Waals surface area contributed by atoms with Gasteiger partial charge in [0.25, 0.3) is 5.91 Å². The van der Waals surface area contributed by atoms with Crippen LogP contribution >= 0.6 is 0 Å². The van der Waals surface area contributed by atoms with Crippen molar-refractivity contribution in [3.05, 3.63) is 23.8 Å². The van der Waals surface area contributed by atoms with Crippen molar-refractivity contribution in [2.24, 2.45) is 5.92 Å². The molecule has 1 aromatic carbocycles.